The van der Waals surface area contributed by atoms with Crippen LogP contribution in [0.3, 0.4) is 0 Å². The molecule has 1 aliphatic heterocycles. The average molecular weight is 423 g/mol. The SMILES string of the molecule is CCOc1cc2c(cc1OCC)CN(C(=O)COc1cccc(C(F)(F)F)c1)CC2. The number of alkyl halides is 3. The van der Waals surface area contributed by atoms with Crippen molar-refractivity contribution in [3.8, 4) is 17.2 Å². The predicted octanol–water partition coefficient (Wildman–Crippen LogP) is 4.47. The molecule has 5 nitrogen and oxygen atoms in total. The van der Waals surface area contributed by atoms with Crippen LogP contribution in [0.1, 0.15) is 30.5 Å². The number of amides is 1. The molecular formula is C22H24F3NO4. The Balaban J connectivity index is 1.66. The van der Waals surface area contributed by atoms with Gasteiger partial charge in [0.25, 0.3) is 5.91 Å². The lowest BCUT2D eigenvalue weighted by molar-refractivity contribution is -0.137. The zero-order valence-corrected chi connectivity index (χ0v) is 16.9. The van der Waals surface area contributed by atoms with Gasteiger partial charge in [-0.25, -0.2) is 0 Å². The predicted molar refractivity (Wildman–Crippen MR) is 105 cm³/mol. The summed E-state index contributed by atoms with van der Waals surface area (Å²) in [4.78, 5) is 14.2. The summed E-state index contributed by atoms with van der Waals surface area (Å²) in [5, 5.41) is 0. The molecule has 1 heterocycles. The van der Waals surface area contributed by atoms with Crippen molar-refractivity contribution in [2.45, 2.75) is 33.0 Å². The molecule has 0 aliphatic carbocycles. The number of hydrogen-bond donors (Lipinski definition) is 0. The first-order valence-corrected chi connectivity index (χ1v) is 9.81. The van der Waals surface area contributed by atoms with Gasteiger partial charge in [0.15, 0.2) is 18.1 Å². The summed E-state index contributed by atoms with van der Waals surface area (Å²) in [6.07, 6.45) is -3.81. The molecule has 30 heavy (non-hydrogen) atoms. The van der Waals surface area contributed by atoms with Crippen molar-refractivity contribution >= 4 is 5.91 Å². The Labute approximate surface area is 173 Å². The van der Waals surface area contributed by atoms with Crippen molar-refractivity contribution in [3.63, 3.8) is 0 Å². The summed E-state index contributed by atoms with van der Waals surface area (Å²) in [7, 11) is 0. The van der Waals surface area contributed by atoms with E-state index in [2.05, 4.69) is 0 Å². The molecule has 0 spiro atoms. The number of nitrogens with zero attached hydrogens (tertiary/aromatic N) is 1. The van der Waals surface area contributed by atoms with Crippen molar-refractivity contribution < 1.29 is 32.2 Å². The van der Waals surface area contributed by atoms with E-state index in [1.54, 1.807) is 4.90 Å². The number of halogens is 3. The van der Waals surface area contributed by atoms with Crippen LogP contribution in [0.25, 0.3) is 0 Å². The maximum Gasteiger partial charge on any atom is 0.416 e. The molecule has 2 aromatic rings. The highest BCUT2D eigenvalue weighted by atomic mass is 19.4. The van der Waals surface area contributed by atoms with Crippen LogP contribution in [0.4, 0.5) is 13.2 Å². The van der Waals surface area contributed by atoms with Gasteiger partial charge in [-0.1, -0.05) is 6.07 Å². The summed E-state index contributed by atoms with van der Waals surface area (Å²) >= 11 is 0. The van der Waals surface area contributed by atoms with Gasteiger partial charge in [-0.15, -0.1) is 0 Å². The third-order valence-electron chi connectivity index (χ3n) is 4.75. The minimum atomic E-state index is -4.46. The van der Waals surface area contributed by atoms with Gasteiger partial charge in [0.05, 0.1) is 18.8 Å². The number of carbonyl (C=O) groups excluding carboxylic acids is 1. The van der Waals surface area contributed by atoms with Gasteiger partial charge in [0, 0.05) is 13.1 Å². The molecular weight excluding hydrogens is 399 g/mol. The molecule has 0 saturated carbocycles. The van der Waals surface area contributed by atoms with Crippen molar-refractivity contribution in [1.29, 1.82) is 0 Å². The first kappa shape index (κ1) is 21.8. The maximum absolute atomic E-state index is 12.8. The maximum atomic E-state index is 12.8. The number of ether oxygens (including phenoxy) is 3. The van der Waals surface area contributed by atoms with E-state index < -0.39 is 11.7 Å². The Kier molecular flexibility index (Phi) is 6.74. The molecule has 0 bridgehead atoms. The molecule has 0 fully saturated rings. The van der Waals surface area contributed by atoms with Crippen LogP contribution in [0, 0.1) is 0 Å². The number of fused-ring (bicyclic) bond motifs is 1. The van der Waals surface area contributed by atoms with Crippen molar-refractivity contribution in [3.05, 3.63) is 53.1 Å². The Morgan fingerprint density at radius 1 is 1.00 bits per heavy atom. The molecule has 0 radical (unpaired) electrons. The zero-order valence-electron chi connectivity index (χ0n) is 16.9. The number of hydrogen-bond acceptors (Lipinski definition) is 4. The Hall–Kier alpha value is -2.90. The second-order valence-electron chi connectivity index (χ2n) is 6.81. The molecule has 162 valence electrons. The lowest BCUT2D eigenvalue weighted by atomic mass is 9.98. The lowest BCUT2D eigenvalue weighted by Crippen LogP contribution is -2.38. The van der Waals surface area contributed by atoms with Crippen LogP contribution in [0.2, 0.25) is 0 Å². The van der Waals surface area contributed by atoms with E-state index in [0.29, 0.717) is 44.2 Å². The monoisotopic (exact) mass is 423 g/mol. The van der Waals surface area contributed by atoms with Crippen LogP contribution in [0.5, 0.6) is 17.2 Å². The van der Waals surface area contributed by atoms with E-state index in [1.807, 2.05) is 26.0 Å². The van der Waals surface area contributed by atoms with Gasteiger partial charge in [-0.3, -0.25) is 4.79 Å². The fraction of sp³-hybridized carbons (Fsp3) is 0.409. The molecule has 0 unspecified atom stereocenters. The number of rotatable bonds is 7. The topological polar surface area (TPSA) is 48.0 Å². The first-order chi connectivity index (χ1) is 14.3. The van der Waals surface area contributed by atoms with Gasteiger partial charge in [0.1, 0.15) is 5.75 Å². The van der Waals surface area contributed by atoms with E-state index in [0.717, 1.165) is 23.3 Å². The van der Waals surface area contributed by atoms with Crippen molar-refractivity contribution in [1.82, 2.24) is 4.90 Å². The largest absolute Gasteiger partial charge is 0.490 e. The molecule has 3 rings (SSSR count). The molecule has 0 aromatic heterocycles. The van der Waals surface area contributed by atoms with E-state index >= 15 is 0 Å². The van der Waals surface area contributed by atoms with Gasteiger partial charge >= 0.3 is 6.18 Å². The highest BCUT2D eigenvalue weighted by molar-refractivity contribution is 5.78. The summed E-state index contributed by atoms with van der Waals surface area (Å²) < 4.78 is 55.1. The van der Waals surface area contributed by atoms with Gasteiger partial charge in [-0.05, 0) is 61.7 Å². The second-order valence-corrected chi connectivity index (χ2v) is 6.81. The van der Waals surface area contributed by atoms with Crippen LogP contribution >= 0.6 is 0 Å². The molecule has 1 amide bonds. The summed E-state index contributed by atoms with van der Waals surface area (Å²) in [5.41, 5.74) is 1.23. The summed E-state index contributed by atoms with van der Waals surface area (Å²) in [6.45, 7) is 5.36. The van der Waals surface area contributed by atoms with Crippen molar-refractivity contribution in [2.24, 2.45) is 0 Å². The Bertz CT molecular complexity index is 898. The second kappa shape index (κ2) is 9.28. The van der Waals surface area contributed by atoms with Crippen LogP contribution in [0.15, 0.2) is 36.4 Å². The normalized spacial score (nSPS) is 13.6. The average Bonchev–Trinajstić information content (AvgIpc) is 2.72. The smallest absolute Gasteiger partial charge is 0.416 e. The molecule has 2 aromatic carbocycles. The lowest BCUT2D eigenvalue weighted by Gasteiger charge is -2.29. The van der Waals surface area contributed by atoms with Crippen LogP contribution in [-0.4, -0.2) is 37.2 Å². The third kappa shape index (κ3) is 5.17. The third-order valence-corrected chi connectivity index (χ3v) is 4.75. The highest BCUT2D eigenvalue weighted by Crippen LogP contribution is 2.34. The first-order valence-electron chi connectivity index (χ1n) is 9.81. The van der Waals surface area contributed by atoms with E-state index in [4.69, 9.17) is 14.2 Å². The highest BCUT2D eigenvalue weighted by Gasteiger charge is 2.30. The number of benzene rings is 2. The van der Waals surface area contributed by atoms with Crippen molar-refractivity contribution in [2.75, 3.05) is 26.4 Å². The van der Waals surface area contributed by atoms with E-state index in [1.165, 1.54) is 12.1 Å². The quantitative estimate of drug-likeness (QED) is 0.660. The van der Waals surface area contributed by atoms with E-state index in [-0.39, 0.29) is 18.3 Å². The molecule has 8 heteroatoms. The van der Waals surface area contributed by atoms with Crippen LogP contribution in [-0.2, 0) is 23.9 Å². The molecule has 0 saturated heterocycles. The Morgan fingerprint density at radius 3 is 2.30 bits per heavy atom. The van der Waals surface area contributed by atoms with Gasteiger partial charge in [0.2, 0.25) is 0 Å². The molecule has 1 aliphatic rings. The van der Waals surface area contributed by atoms with Gasteiger partial charge in [-0.2, -0.15) is 13.2 Å². The minimum absolute atomic E-state index is 0.00979. The minimum Gasteiger partial charge on any atom is -0.490 e. The Morgan fingerprint density at radius 2 is 1.67 bits per heavy atom. The fourth-order valence-corrected chi connectivity index (χ4v) is 3.31. The van der Waals surface area contributed by atoms with Gasteiger partial charge < -0.3 is 19.1 Å². The standard InChI is InChI=1S/C22H24F3NO4/c1-3-28-19-10-15-8-9-26(13-16(15)11-20(19)29-4-2)21(27)14-30-18-7-5-6-17(12-18)22(23,24)25/h5-7,10-12H,3-4,8-9,13-14H2,1-2H3. The summed E-state index contributed by atoms with van der Waals surface area (Å²) in [5.74, 6) is 1.04. The molecule has 0 atom stereocenters. The summed E-state index contributed by atoms with van der Waals surface area (Å²) in [6, 6.07) is 8.34. The fourth-order valence-electron chi connectivity index (χ4n) is 3.31. The molecule has 0 N–H and O–H groups in total. The zero-order chi connectivity index (χ0) is 21.7. The van der Waals surface area contributed by atoms with E-state index in [9.17, 15) is 18.0 Å². The number of carbonyl (C=O) groups is 1. The van der Waals surface area contributed by atoms with Crippen LogP contribution < -0.4 is 14.2 Å².